The maximum Gasteiger partial charge on any atom is 0.307 e. The number of aliphatic carboxylic acids is 1. The first-order valence-corrected chi connectivity index (χ1v) is 7.68. The van der Waals surface area contributed by atoms with Crippen molar-refractivity contribution in [2.24, 2.45) is 5.92 Å². The van der Waals surface area contributed by atoms with E-state index in [9.17, 15) is 4.79 Å². The molecule has 0 saturated carbocycles. The number of hydrogen-bond donors (Lipinski definition) is 1. The van der Waals surface area contributed by atoms with Gasteiger partial charge >= 0.3 is 5.97 Å². The molecular formula is C15H23N3O2. The molecule has 1 aromatic rings. The summed E-state index contributed by atoms with van der Waals surface area (Å²) in [4.78, 5) is 18.3. The van der Waals surface area contributed by atoms with Gasteiger partial charge in [0.1, 0.15) is 5.82 Å². The minimum atomic E-state index is -0.683. The largest absolute Gasteiger partial charge is 0.481 e. The van der Waals surface area contributed by atoms with E-state index in [0.29, 0.717) is 12.3 Å². The second kappa shape index (κ2) is 5.56. The van der Waals surface area contributed by atoms with Crippen LogP contribution in [0.15, 0.2) is 6.20 Å². The van der Waals surface area contributed by atoms with Gasteiger partial charge in [-0.2, -0.15) is 0 Å². The molecule has 1 aromatic heterocycles. The second-order valence-corrected chi connectivity index (χ2v) is 6.01. The molecule has 1 fully saturated rings. The number of nitrogens with zero attached hydrogens (tertiary/aromatic N) is 3. The number of fused-ring (bicyclic) bond motifs is 1. The van der Waals surface area contributed by atoms with E-state index in [1.165, 1.54) is 18.5 Å². The van der Waals surface area contributed by atoms with Crippen molar-refractivity contribution in [2.75, 3.05) is 19.6 Å². The molecule has 5 heteroatoms. The minimum Gasteiger partial charge on any atom is -0.481 e. The van der Waals surface area contributed by atoms with Gasteiger partial charge in [-0.1, -0.05) is 6.92 Å². The number of rotatable bonds is 3. The number of carbonyl (C=O) groups is 1. The third kappa shape index (κ3) is 2.59. The third-order valence-electron chi connectivity index (χ3n) is 4.83. The van der Waals surface area contributed by atoms with E-state index in [4.69, 9.17) is 10.1 Å². The van der Waals surface area contributed by atoms with Crippen LogP contribution in [0, 0.1) is 5.92 Å². The lowest BCUT2D eigenvalue weighted by atomic mass is 9.94. The highest BCUT2D eigenvalue weighted by Crippen LogP contribution is 2.29. The summed E-state index contributed by atoms with van der Waals surface area (Å²) in [6.45, 7) is 6.45. The summed E-state index contributed by atoms with van der Waals surface area (Å²) in [6.07, 6.45) is 5.83. The smallest absolute Gasteiger partial charge is 0.307 e. The topological polar surface area (TPSA) is 58.4 Å². The number of aryl methyl sites for hydroxylation is 1. The first-order valence-electron chi connectivity index (χ1n) is 7.68. The number of hydrogen-bond acceptors (Lipinski definition) is 3. The lowest BCUT2D eigenvalue weighted by Gasteiger charge is -2.30. The minimum absolute atomic E-state index is 0.250. The zero-order valence-corrected chi connectivity index (χ0v) is 12.1. The van der Waals surface area contributed by atoms with Crippen molar-refractivity contribution in [1.29, 1.82) is 0 Å². The number of carboxylic acids is 1. The Hall–Kier alpha value is -1.36. The van der Waals surface area contributed by atoms with Crippen molar-refractivity contribution in [3.63, 3.8) is 0 Å². The van der Waals surface area contributed by atoms with Crippen LogP contribution >= 0.6 is 0 Å². The van der Waals surface area contributed by atoms with E-state index >= 15 is 0 Å². The van der Waals surface area contributed by atoms with Crippen molar-refractivity contribution < 1.29 is 9.90 Å². The Morgan fingerprint density at radius 3 is 2.75 bits per heavy atom. The lowest BCUT2D eigenvalue weighted by molar-refractivity contribution is -0.142. The van der Waals surface area contributed by atoms with Crippen LogP contribution in [0.25, 0.3) is 0 Å². The predicted molar refractivity (Wildman–Crippen MR) is 75.8 cm³/mol. The van der Waals surface area contributed by atoms with Crippen molar-refractivity contribution in [3.05, 3.63) is 17.7 Å². The number of piperidine rings is 1. The van der Waals surface area contributed by atoms with Crippen molar-refractivity contribution in [2.45, 2.75) is 45.1 Å². The quantitative estimate of drug-likeness (QED) is 0.914. The van der Waals surface area contributed by atoms with E-state index in [2.05, 4.69) is 22.6 Å². The molecule has 1 N–H and O–H groups in total. The highest BCUT2D eigenvalue weighted by molar-refractivity contribution is 5.70. The average molecular weight is 277 g/mol. The molecule has 3 rings (SSSR count). The number of likely N-dealkylation sites (tertiary alicyclic amines) is 1. The van der Waals surface area contributed by atoms with Gasteiger partial charge in [0.05, 0.1) is 11.6 Å². The third-order valence-corrected chi connectivity index (χ3v) is 4.83. The fourth-order valence-electron chi connectivity index (χ4n) is 3.40. The molecule has 2 aliphatic rings. The first-order chi connectivity index (χ1) is 9.67. The summed E-state index contributed by atoms with van der Waals surface area (Å²) < 4.78 is 2.17. The van der Waals surface area contributed by atoms with Crippen LogP contribution in [-0.2, 0) is 17.8 Å². The molecule has 110 valence electrons. The maximum absolute atomic E-state index is 11.1. The Bertz CT molecular complexity index is 489. The number of aromatic nitrogens is 2. The number of imidazole rings is 1. The fraction of sp³-hybridized carbons (Fsp3) is 0.733. The number of carboxylic acid groups (broad SMARTS) is 1. The van der Waals surface area contributed by atoms with Crippen LogP contribution in [0.4, 0.5) is 0 Å². The second-order valence-electron chi connectivity index (χ2n) is 6.01. The Labute approximate surface area is 119 Å². The molecule has 0 aromatic carbocycles. The summed E-state index contributed by atoms with van der Waals surface area (Å²) in [5.74, 6) is 0.590. The van der Waals surface area contributed by atoms with Gasteiger partial charge in [0.15, 0.2) is 0 Å². The van der Waals surface area contributed by atoms with Crippen LogP contribution in [0.3, 0.4) is 0 Å². The molecule has 0 radical (unpaired) electrons. The van der Waals surface area contributed by atoms with Crippen LogP contribution in [0.5, 0.6) is 0 Å². The van der Waals surface area contributed by atoms with E-state index in [0.717, 1.165) is 38.4 Å². The molecule has 1 unspecified atom stereocenters. The van der Waals surface area contributed by atoms with Gasteiger partial charge in [0, 0.05) is 25.1 Å². The van der Waals surface area contributed by atoms with Crippen LogP contribution < -0.4 is 0 Å². The Morgan fingerprint density at radius 2 is 2.10 bits per heavy atom. The molecule has 5 nitrogen and oxygen atoms in total. The predicted octanol–water partition coefficient (Wildman–Crippen LogP) is 1.73. The van der Waals surface area contributed by atoms with Gasteiger partial charge in [0.2, 0.25) is 0 Å². The van der Waals surface area contributed by atoms with Gasteiger partial charge in [-0.15, -0.1) is 0 Å². The SMILES string of the molecule is CCN1CCC(c2cn3c(n2)CC(C(=O)O)CC3)CC1. The fourth-order valence-corrected chi connectivity index (χ4v) is 3.40. The Kier molecular flexibility index (Phi) is 3.78. The summed E-state index contributed by atoms with van der Waals surface area (Å²) in [5, 5.41) is 9.13. The van der Waals surface area contributed by atoms with Gasteiger partial charge in [-0.25, -0.2) is 4.98 Å². The summed E-state index contributed by atoms with van der Waals surface area (Å²) in [5.41, 5.74) is 1.18. The molecule has 3 heterocycles. The van der Waals surface area contributed by atoms with E-state index in [-0.39, 0.29) is 5.92 Å². The van der Waals surface area contributed by atoms with Crippen LogP contribution in [-0.4, -0.2) is 45.2 Å². The molecule has 0 bridgehead atoms. The molecule has 2 aliphatic heterocycles. The zero-order valence-electron chi connectivity index (χ0n) is 12.1. The average Bonchev–Trinajstić information content (AvgIpc) is 2.90. The monoisotopic (exact) mass is 277 g/mol. The molecular weight excluding hydrogens is 254 g/mol. The highest BCUT2D eigenvalue weighted by atomic mass is 16.4. The normalized spacial score (nSPS) is 24.6. The molecule has 0 spiro atoms. The standard InChI is InChI=1S/C15H23N3O2/c1-2-17-6-3-11(4-7-17)13-10-18-8-5-12(15(19)20)9-14(18)16-13/h10-12H,2-9H2,1H3,(H,19,20). The van der Waals surface area contributed by atoms with Crippen molar-refractivity contribution in [1.82, 2.24) is 14.5 Å². The van der Waals surface area contributed by atoms with Gasteiger partial charge in [-0.3, -0.25) is 4.79 Å². The van der Waals surface area contributed by atoms with E-state index in [1.54, 1.807) is 0 Å². The maximum atomic E-state index is 11.1. The molecule has 0 amide bonds. The molecule has 1 atom stereocenters. The summed E-state index contributed by atoms with van der Waals surface area (Å²) in [7, 11) is 0. The highest BCUT2D eigenvalue weighted by Gasteiger charge is 2.28. The van der Waals surface area contributed by atoms with Gasteiger partial charge in [-0.05, 0) is 38.9 Å². The molecule has 1 saturated heterocycles. The Morgan fingerprint density at radius 1 is 1.35 bits per heavy atom. The summed E-state index contributed by atoms with van der Waals surface area (Å²) in [6, 6.07) is 0. The Balaban J connectivity index is 1.70. The summed E-state index contributed by atoms with van der Waals surface area (Å²) >= 11 is 0. The van der Waals surface area contributed by atoms with Gasteiger partial charge in [0.25, 0.3) is 0 Å². The molecule has 0 aliphatic carbocycles. The van der Waals surface area contributed by atoms with Crippen LogP contribution in [0.2, 0.25) is 0 Å². The van der Waals surface area contributed by atoms with E-state index < -0.39 is 5.97 Å². The van der Waals surface area contributed by atoms with E-state index in [1.807, 2.05) is 0 Å². The molecule has 20 heavy (non-hydrogen) atoms. The first kappa shape index (κ1) is 13.6. The van der Waals surface area contributed by atoms with Gasteiger partial charge < -0.3 is 14.6 Å². The lowest BCUT2D eigenvalue weighted by Crippen LogP contribution is -2.32. The van der Waals surface area contributed by atoms with Crippen molar-refractivity contribution in [3.8, 4) is 0 Å². The van der Waals surface area contributed by atoms with Crippen molar-refractivity contribution >= 4 is 5.97 Å². The van der Waals surface area contributed by atoms with Crippen LogP contribution in [0.1, 0.15) is 43.6 Å². The zero-order chi connectivity index (χ0) is 14.1.